The van der Waals surface area contributed by atoms with E-state index in [-0.39, 0.29) is 47.9 Å². The van der Waals surface area contributed by atoms with Crippen molar-refractivity contribution in [1.82, 2.24) is 20.4 Å². The van der Waals surface area contributed by atoms with Crippen molar-refractivity contribution in [2.45, 2.75) is 510 Å². The molecule has 0 spiro atoms. The molecular formula is C95H184N4O10. The van der Waals surface area contributed by atoms with Gasteiger partial charge >= 0.3 is 23.9 Å². The summed E-state index contributed by atoms with van der Waals surface area (Å²) >= 11 is 0. The summed E-state index contributed by atoms with van der Waals surface area (Å²) in [6, 6.07) is 0. The van der Waals surface area contributed by atoms with Crippen LogP contribution in [0.5, 0.6) is 0 Å². The minimum atomic E-state index is -0.0720. The van der Waals surface area contributed by atoms with E-state index >= 15 is 0 Å². The van der Waals surface area contributed by atoms with Crippen LogP contribution in [0.25, 0.3) is 0 Å². The molecule has 14 nitrogen and oxygen atoms in total. The number of esters is 4. The number of carbonyl (C=O) groups excluding carboxylic acids is 6. The van der Waals surface area contributed by atoms with Gasteiger partial charge in [0.25, 0.3) is 0 Å². The number of rotatable bonds is 90. The second kappa shape index (κ2) is 87.1. The number of hydrogen-bond donors (Lipinski definition) is 2. The Kier molecular flexibility index (Phi) is 84.5. The Morgan fingerprint density at radius 2 is 0.431 bits per heavy atom. The molecule has 2 N–H and O–H groups in total. The van der Waals surface area contributed by atoms with Crippen LogP contribution in [0.15, 0.2) is 0 Å². The third kappa shape index (κ3) is 81.1. The lowest BCUT2D eigenvalue weighted by Gasteiger charge is -2.22. The lowest BCUT2D eigenvalue weighted by Crippen LogP contribution is -2.32. The predicted molar refractivity (Wildman–Crippen MR) is 462 cm³/mol. The highest BCUT2D eigenvalue weighted by Gasteiger charge is 2.18. The molecule has 0 atom stereocenters. The summed E-state index contributed by atoms with van der Waals surface area (Å²) in [7, 11) is 0. The van der Waals surface area contributed by atoms with Gasteiger partial charge in [-0.25, -0.2) is 0 Å². The van der Waals surface area contributed by atoms with Crippen LogP contribution in [0, 0.1) is 0 Å². The molecule has 0 aromatic heterocycles. The molecule has 0 radical (unpaired) electrons. The topological polar surface area (TPSA) is 170 Å². The van der Waals surface area contributed by atoms with E-state index < -0.39 is 0 Å². The molecule has 0 aliphatic heterocycles. The minimum absolute atomic E-state index is 0.00974. The zero-order chi connectivity index (χ0) is 79.3. The standard InChI is InChI=1S/C95H184N4O10/c1-7-13-19-25-31-33-35-47-63-86-106-92(102)74-57-49-61-82-98(80-59-45-37-43-55-76-94(104)108-88(68-51-39-27-21-15-9-3)69-52-40-28-22-16-10-4)84-66-78-96-90(100)72-65-73-91(101)97-79-67-85-99(83-62-50-58-75-93(103)107-87-64-48-36-34-32-26-20-14-8-2)81-60-46-38-44-56-77-95(105)109-89(70-53-41-29-23-17-11-5)71-54-42-30-24-18-12-6/h88-89H,7-87H2,1-6H3,(H,96,100)(H,97,101). The molecule has 0 unspecified atom stereocenters. The third-order valence-electron chi connectivity index (χ3n) is 22.3. The van der Waals surface area contributed by atoms with Crippen LogP contribution in [0.2, 0.25) is 0 Å². The van der Waals surface area contributed by atoms with E-state index in [1.165, 1.54) is 218 Å². The molecule has 0 aromatic carbocycles. The minimum Gasteiger partial charge on any atom is -0.466 e. The highest BCUT2D eigenvalue weighted by atomic mass is 16.6. The molecular weight excluding hydrogens is 1360 g/mol. The fourth-order valence-corrected chi connectivity index (χ4v) is 15.1. The number of ether oxygens (including phenoxy) is 4. The Morgan fingerprint density at radius 1 is 0.220 bits per heavy atom. The average Bonchev–Trinajstić information content (AvgIpc) is 1.04. The van der Waals surface area contributed by atoms with Gasteiger partial charge in [0.1, 0.15) is 12.2 Å². The van der Waals surface area contributed by atoms with E-state index in [1.807, 2.05) is 0 Å². The number of unbranched alkanes of at least 4 members (excludes halogenated alkanes) is 48. The maximum atomic E-state index is 13.1. The highest BCUT2D eigenvalue weighted by Crippen LogP contribution is 2.22. The molecule has 0 saturated heterocycles. The smallest absolute Gasteiger partial charge is 0.306 e. The molecule has 109 heavy (non-hydrogen) atoms. The van der Waals surface area contributed by atoms with Gasteiger partial charge in [0.05, 0.1) is 13.2 Å². The van der Waals surface area contributed by atoms with Gasteiger partial charge in [-0.2, -0.15) is 0 Å². The van der Waals surface area contributed by atoms with Gasteiger partial charge in [-0.3, -0.25) is 28.8 Å². The van der Waals surface area contributed by atoms with Crippen molar-refractivity contribution in [2.75, 3.05) is 65.6 Å². The van der Waals surface area contributed by atoms with Gasteiger partial charge in [-0.1, -0.05) is 324 Å². The first-order chi connectivity index (χ1) is 53.5. The second-order valence-corrected chi connectivity index (χ2v) is 33.1. The van der Waals surface area contributed by atoms with E-state index in [1.54, 1.807) is 0 Å². The molecule has 2 amide bonds. The van der Waals surface area contributed by atoms with Crippen molar-refractivity contribution in [3.63, 3.8) is 0 Å². The summed E-state index contributed by atoms with van der Waals surface area (Å²) < 4.78 is 23.5. The van der Waals surface area contributed by atoms with Gasteiger partial charge in [0.2, 0.25) is 11.8 Å². The van der Waals surface area contributed by atoms with E-state index in [0.717, 1.165) is 232 Å². The van der Waals surface area contributed by atoms with E-state index in [0.29, 0.717) is 71.2 Å². The average molecular weight is 1540 g/mol. The Labute approximate surface area is 675 Å². The lowest BCUT2D eigenvalue weighted by molar-refractivity contribution is -0.151. The normalized spacial score (nSPS) is 11.6. The summed E-state index contributed by atoms with van der Waals surface area (Å²) in [6.07, 6.45) is 77.6. The number of nitrogens with zero attached hydrogens (tertiary/aromatic N) is 2. The van der Waals surface area contributed by atoms with Crippen molar-refractivity contribution >= 4 is 35.7 Å². The Balaban J connectivity index is 5.22. The Morgan fingerprint density at radius 3 is 0.706 bits per heavy atom. The molecule has 0 bridgehead atoms. The molecule has 0 aliphatic rings. The van der Waals surface area contributed by atoms with Gasteiger partial charge in [-0.15, -0.1) is 0 Å². The maximum absolute atomic E-state index is 13.1. The number of hydrogen-bond acceptors (Lipinski definition) is 12. The van der Waals surface area contributed by atoms with E-state index in [2.05, 4.69) is 62.0 Å². The fourth-order valence-electron chi connectivity index (χ4n) is 15.1. The predicted octanol–water partition coefficient (Wildman–Crippen LogP) is 26.5. The first-order valence-electron chi connectivity index (χ1n) is 48.2. The summed E-state index contributed by atoms with van der Waals surface area (Å²) in [5.74, 6) is -0.191. The number of carbonyl (C=O) groups is 6. The van der Waals surface area contributed by atoms with Crippen molar-refractivity contribution in [3.05, 3.63) is 0 Å². The van der Waals surface area contributed by atoms with E-state index in [9.17, 15) is 28.8 Å². The largest absolute Gasteiger partial charge is 0.466 e. The zero-order valence-corrected chi connectivity index (χ0v) is 73.4. The highest BCUT2D eigenvalue weighted by molar-refractivity contribution is 5.78. The third-order valence-corrected chi connectivity index (χ3v) is 22.3. The zero-order valence-electron chi connectivity index (χ0n) is 73.4. The van der Waals surface area contributed by atoms with Gasteiger partial charge in [0, 0.05) is 51.6 Å². The van der Waals surface area contributed by atoms with Gasteiger partial charge in [0.15, 0.2) is 0 Å². The SMILES string of the molecule is CCCCCCCCCCCOC(=O)CCCCCN(CCCCCCCC(=O)OC(CCCCCCCC)CCCCCCCC)CCCNC(=O)CCCC(=O)NCCCN(CCCCCCCC(=O)OC(CCCCCCCC)CCCCCCCC)CCCCCC(=O)OCCCCCCCCCCC. The van der Waals surface area contributed by atoms with Crippen molar-refractivity contribution < 1.29 is 47.7 Å². The Hall–Kier alpha value is -3.26. The molecule has 0 aromatic rings. The van der Waals surface area contributed by atoms with Crippen molar-refractivity contribution in [2.24, 2.45) is 0 Å². The van der Waals surface area contributed by atoms with Crippen LogP contribution in [-0.4, -0.2) is 123 Å². The molecule has 0 heterocycles. The Bertz CT molecular complexity index is 1790. The first kappa shape index (κ1) is 106. The van der Waals surface area contributed by atoms with E-state index in [4.69, 9.17) is 18.9 Å². The number of nitrogens with one attached hydrogen (secondary N) is 2. The van der Waals surface area contributed by atoms with Crippen LogP contribution in [0.1, 0.15) is 497 Å². The van der Waals surface area contributed by atoms with Crippen LogP contribution in [0.3, 0.4) is 0 Å². The van der Waals surface area contributed by atoms with Crippen molar-refractivity contribution in [3.8, 4) is 0 Å². The van der Waals surface area contributed by atoms with Crippen LogP contribution in [-0.2, 0) is 47.7 Å². The molecule has 0 fully saturated rings. The van der Waals surface area contributed by atoms with Crippen molar-refractivity contribution in [1.29, 1.82) is 0 Å². The monoisotopic (exact) mass is 1540 g/mol. The number of amides is 2. The van der Waals surface area contributed by atoms with Crippen LogP contribution < -0.4 is 10.6 Å². The second-order valence-electron chi connectivity index (χ2n) is 33.1. The lowest BCUT2D eigenvalue weighted by atomic mass is 10.0. The summed E-state index contributed by atoms with van der Waals surface area (Å²) in [4.78, 5) is 82.5. The molecule has 0 rings (SSSR count). The van der Waals surface area contributed by atoms with Gasteiger partial charge in [-0.05, 0) is 174 Å². The molecule has 644 valence electrons. The summed E-state index contributed by atoms with van der Waals surface area (Å²) in [5.41, 5.74) is 0. The van der Waals surface area contributed by atoms with Crippen LogP contribution >= 0.6 is 0 Å². The molecule has 0 saturated carbocycles. The van der Waals surface area contributed by atoms with Gasteiger partial charge < -0.3 is 39.4 Å². The summed E-state index contributed by atoms with van der Waals surface area (Å²) in [6.45, 7) is 21.5. The fraction of sp³-hybridized carbons (Fsp3) is 0.937. The molecule has 0 aliphatic carbocycles. The quantitative estimate of drug-likeness (QED) is 0.0336. The van der Waals surface area contributed by atoms with Crippen LogP contribution in [0.4, 0.5) is 0 Å². The first-order valence-corrected chi connectivity index (χ1v) is 48.2. The maximum Gasteiger partial charge on any atom is 0.306 e. The summed E-state index contributed by atoms with van der Waals surface area (Å²) in [5, 5.41) is 6.27. The molecule has 14 heteroatoms.